The van der Waals surface area contributed by atoms with Crippen molar-refractivity contribution in [3.63, 3.8) is 0 Å². The minimum absolute atomic E-state index is 0.0212. The predicted molar refractivity (Wildman–Crippen MR) is 86.9 cm³/mol. The zero-order chi connectivity index (χ0) is 18.3. The summed E-state index contributed by atoms with van der Waals surface area (Å²) in [5.74, 6) is -1.06. The molecule has 0 spiro atoms. The van der Waals surface area contributed by atoms with Crippen molar-refractivity contribution in [3.8, 4) is 0 Å². The van der Waals surface area contributed by atoms with Crippen molar-refractivity contribution >= 4 is 17.8 Å². The molecule has 2 aromatic rings. The van der Waals surface area contributed by atoms with Gasteiger partial charge in [-0.3, -0.25) is 14.5 Å². The number of imide groups is 1. The molecule has 0 saturated heterocycles. The SMILES string of the molecule is Cc1ccc2c(c1)C(=O)N([C@H](C)C(=O)OCc1c(C)noc1C)C2=O. The standard InChI is InChI=1S/C18H18N2O5/c1-9-5-6-13-14(7-9)17(22)20(16(13)21)11(3)18(23)24-8-15-10(2)19-25-12(15)4/h5-7,11H,8H2,1-4H3/t11-/m1/s1. The van der Waals surface area contributed by atoms with Gasteiger partial charge in [0.2, 0.25) is 0 Å². The molecule has 0 bridgehead atoms. The van der Waals surface area contributed by atoms with Crippen LogP contribution in [0, 0.1) is 20.8 Å². The van der Waals surface area contributed by atoms with Gasteiger partial charge in [-0.25, -0.2) is 4.79 Å². The Hall–Kier alpha value is -2.96. The molecule has 3 rings (SSSR count). The molecule has 0 fully saturated rings. The second-order valence-corrected chi connectivity index (χ2v) is 6.12. The largest absolute Gasteiger partial charge is 0.459 e. The average molecular weight is 342 g/mol. The van der Waals surface area contributed by atoms with Gasteiger partial charge in [0.1, 0.15) is 18.4 Å². The van der Waals surface area contributed by atoms with Gasteiger partial charge in [0.15, 0.2) is 0 Å². The molecule has 0 radical (unpaired) electrons. The smallest absolute Gasteiger partial charge is 0.329 e. The molecule has 7 heteroatoms. The molecule has 7 nitrogen and oxygen atoms in total. The molecule has 0 aliphatic carbocycles. The van der Waals surface area contributed by atoms with E-state index in [-0.39, 0.29) is 6.61 Å². The number of benzene rings is 1. The highest BCUT2D eigenvalue weighted by Crippen LogP contribution is 2.26. The fourth-order valence-electron chi connectivity index (χ4n) is 2.80. The van der Waals surface area contributed by atoms with Crippen molar-refractivity contribution in [3.05, 3.63) is 51.9 Å². The zero-order valence-corrected chi connectivity index (χ0v) is 14.5. The van der Waals surface area contributed by atoms with E-state index in [0.717, 1.165) is 10.5 Å². The zero-order valence-electron chi connectivity index (χ0n) is 14.5. The summed E-state index contributed by atoms with van der Waals surface area (Å²) in [7, 11) is 0. The molecule has 2 heterocycles. The first kappa shape index (κ1) is 16.9. The highest BCUT2D eigenvalue weighted by molar-refractivity contribution is 6.22. The van der Waals surface area contributed by atoms with Gasteiger partial charge in [0, 0.05) is 0 Å². The molecule has 0 saturated carbocycles. The van der Waals surface area contributed by atoms with Crippen LogP contribution in [0.1, 0.15) is 50.2 Å². The van der Waals surface area contributed by atoms with E-state index in [9.17, 15) is 14.4 Å². The van der Waals surface area contributed by atoms with E-state index in [2.05, 4.69) is 5.16 Å². The van der Waals surface area contributed by atoms with E-state index in [1.165, 1.54) is 6.92 Å². The van der Waals surface area contributed by atoms with Gasteiger partial charge >= 0.3 is 5.97 Å². The Morgan fingerprint density at radius 2 is 1.88 bits per heavy atom. The van der Waals surface area contributed by atoms with E-state index in [1.807, 2.05) is 6.92 Å². The monoisotopic (exact) mass is 342 g/mol. The van der Waals surface area contributed by atoms with Crippen LogP contribution in [0.4, 0.5) is 0 Å². The van der Waals surface area contributed by atoms with Gasteiger partial charge in [-0.15, -0.1) is 0 Å². The van der Waals surface area contributed by atoms with Gasteiger partial charge < -0.3 is 9.26 Å². The molecule has 0 unspecified atom stereocenters. The quantitative estimate of drug-likeness (QED) is 0.626. The third-order valence-corrected chi connectivity index (χ3v) is 4.34. The Morgan fingerprint density at radius 1 is 1.20 bits per heavy atom. The van der Waals surface area contributed by atoms with Crippen LogP contribution >= 0.6 is 0 Å². The number of aryl methyl sites for hydroxylation is 3. The number of carbonyl (C=O) groups is 3. The van der Waals surface area contributed by atoms with Crippen molar-refractivity contribution in [1.29, 1.82) is 0 Å². The van der Waals surface area contributed by atoms with Crippen LogP contribution in [0.3, 0.4) is 0 Å². The Kier molecular flexibility index (Phi) is 4.16. The number of esters is 1. The summed E-state index contributed by atoms with van der Waals surface area (Å²) in [4.78, 5) is 38.3. The maximum Gasteiger partial charge on any atom is 0.329 e. The normalized spacial score (nSPS) is 14.6. The van der Waals surface area contributed by atoms with Gasteiger partial charge in [-0.2, -0.15) is 0 Å². The Bertz CT molecular complexity index is 864. The lowest BCUT2D eigenvalue weighted by atomic mass is 10.1. The number of rotatable bonds is 4. The van der Waals surface area contributed by atoms with Crippen molar-refractivity contribution in [2.24, 2.45) is 0 Å². The fraction of sp³-hybridized carbons (Fsp3) is 0.333. The summed E-state index contributed by atoms with van der Waals surface area (Å²) >= 11 is 0. The fourth-order valence-corrected chi connectivity index (χ4v) is 2.80. The molecule has 1 aromatic carbocycles. The van der Waals surface area contributed by atoms with Crippen LogP contribution < -0.4 is 0 Å². The number of ether oxygens (including phenoxy) is 1. The molecule has 25 heavy (non-hydrogen) atoms. The number of carbonyl (C=O) groups excluding carboxylic acids is 3. The third kappa shape index (κ3) is 2.82. The number of aromatic nitrogens is 1. The minimum atomic E-state index is -1.02. The highest BCUT2D eigenvalue weighted by atomic mass is 16.5. The summed E-state index contributed by atoms with van der Waals surface area (Å²) in [6.07, 6.45) is 0. The van der Waals surface area contributed by atoms with E-state index in [0.29, 0.717) is 28.1 Å². The molecular weight excluding hydrogens is 324 g/mol. The minimum Gasteiger partial charge on any atom is -0.459 e. The van der Waals surface area contributed by atoms with Gasteiger partial charge in [0.05, 0.1) is 22.4 Å². The molecule has 130 valence electrons. The number of amides is 2. The number of hydrogen-bond donors (Lipinski definition) is 0. The van der Waals surface area contributed by atoms with E-state index >= 15 is 0 Å². The Morgan fingerprint density at radius 3 is 2.52 bits per heavy atom. The summed E-state index contributed by atoms with van der Waals surface area (Å²) in [6.45, 7) is 6.76. The lowest BCUT2D eigenvalue weighted by molar-refractivity contribution is -0.149. The average Bonchev–Trinajstić information content (AvgIpc) is 3.02. The highest BCUT2D eigenvalue weighted by Gasteiger charge is 2.41. The van der Waals surface area contributed by atoms with E-state index in [1.54, 1.807) is 32.0 Å². The number of fused-ring (bicyclic) bond motifs is 1. The third-order valence-electron chi connectivity index (χ3n) is 4.34. The molecular formula is C18H18N2O5. The lowest BCUT2D eigenvalue weighted by Gasteiger charge is -2.20. The van der Waals surface area contributed by atoms with Crippen molar-refractivity contribution in [2.45, 2.75) is 40.3 Å². The lowest BCUT2D eigenvalue weighted by Crippen LogP contribution is -2.43. The summed E-state index contributed by atoms with van der Waals surface area (Å²) < 4.78 is 10.3. The summed E-state index contributed by atoms with van der Waals surface area (Å²) in [5.41, 5.74) is 2.81. The summed E-state index contributed by atoms with van der Waals surface area (Å²) in [5, 5.41) is 3.79. The van der Waals surface area contributed by atoms with Crippen LogP contribution in [0.2, 0.25) is 0 Å². The first-order valence-electron chi connectivity index (χ1n) is 7.88. The van der Waals surface area contributed by atoms with Crippen LogP contribution in [-0.2, 0) is 16.1 Å². The van der Waals surface area contributed by atoms with Crippen molar-refractivity contribution < 1.29 is 23.6 Å². The molecule has 1 atom stereocenters. The molecule has 2 amide bonds. The summed E-state index contributed by atoms with van der Waals surface area (Å²) in [6, 6.07) is 3.99. The predicted octanol–water partition coefficient (Wildman–Crippen LogP) is 2.33. The Labute approximate surface area is 144 Å². The number of nitrogens with zero attached hydrogens (tertiary/aromatic N) is 2. The maximum absolute atomic E-state index is 12.5. The van der Waals surface area contributed by atoms with Crippen molar-refractivity contribution in [2.75, 3.05) is 0 Å². The molecule has 1 aliphatic rings. The van der Waals surface area contributed by atoms with Crippen LogP contribution in [-0.4, -0.2) is 33.9 Å². The second kappa shape index (κ2) is 6.16. The number of hydrogen-bond acceptors (Lipinski definition) is 6. The second-order valence-electron chi connectivity index (χ2n) is 6.12. The van der Waals surface area contributed by atoms with Gasteiger partial charge in [0.25, 0.3) is 11.8 Å². The first-order chi connectivity index (χ1) is 11.8. The molecule has 1 aromatic heterocycles. The topological polar surface area (TPSA) is 89.7 Å². The van der Waals surface area contributed by atoms with Gasteiger partial charge in [-0.1, -0.05) is 16.8 Å². The molecule has 0 N–H and O–H groups in total. The van der Waals surface area contributed by atoms with Gasteiger partial charge in [-0.05, 0) is 39.8 Å². The van der Waals surface area contributed by atoms with Crippen LogP contribution in [0.5, 0.6) is 0 Å². The van der Waals surface area contributed by atoms with Crippen molar-refractivity contribution in [1.82, 2.24) is 10.1 Å². The first-order valence-corrected chi connectivity index (χ1v) is 7.88. The van der Waals surface area contributed by atoms with E-state index < -0.39 is 23.8 Å². The van der Waals surface area contributed by atoms with Crippen LogP contribution in [0.15, 0.2) is 22.7 Å². The maximum atomic E-state index is 12.5. The molecule has 1 aliphatic heterocycles. The van der Waals surface area contributed by atoms with Crippen LogP contribution in [0.25, 0.3) is 0 Å². The van der Waals surface area contributed by atoms with E-state index in [4.69, 9.17) is 9.26 Å². The Balaban J connectivity index is 1.75.